The third-order valence-corrected chi connectivity index (χ3v) is 12.4. The molecule has 20 heteroatoms. The number of ether oxygens (including phenoxy) is 5. The molecule has 0 aromatic rings. The Bertz CT molecular complexity index is 1730. The molecular formula is C50H81NO19. The van der Waals surface area contributed by atoms with E-state index in [2.05, 4.69) is 0 Å². The van der Waals surface area contributed by atoms with Crippen molar-refractivity contribution < 1.29 is 94.2 Å². The van der Waals surface area contributed by atoms with E-state index in [1.165, 1.54) is 0 Å². The molecule has 2 saturated heterocycles. The first-order valence-electron chi connectivity index (χ1n) is 24.0. The number of carbonyl (C=O) groups is 3. The highest BCUT2D eigenvalue weighted by atomic mass is 16.7. The summed E-state index contributed by atoms with van der Waals surface area (Å²) in [7, 11) is 1.12. The minimum atomic E-state index is -2.30. The van der Waals surface area contributed by atoms with Gasteiger partial charge in [0.15, 0.2) is 12.1 Å². The third kappa shape index (κ3) is 22.4. The average molecular weight is 1000 g/mol. The molecule has 2 fully saturated rings. The summed E-state index contributed by atoms with van der Waals surface area (Å²) in [6.07, 6.45) is 3.32. The van der Waals surface area contributed by atoms with E-state index in [0.717, 1.165) is 26.9 Å². The van der Waals surface area contributed by atoms with Gasteiger partial charge in [0.25, 0.3) is 5.97 Å². The van der Waals surface area contributed by atoms with Crippen LogP contribution >= 0.6 is 0 Å². The summed E-state index contributed by atoms with van der Waals surface area (Å²) in [4.78, 5) is 34.7. The minimum Gasteiger partial charge on any atom is -0.481 e. The van der Waals surface area contributed by atoms with Crippen LogP contribution in [0.25, 0.3) is 0 Å². The Morgan fingerprint density at radius 2 is 1.26 bits per heavy atom. The van der Waals surface area contributed by atoms with Gasteiger partial charge in [-0.2, -0.15) is 0 Å². The second kappa shape index (κ2) is 31.7. The van der Waals surface area contributed by atoms with Gasteiger partial charge >= 0.3 is 11.9 Å². The van der Waals surface area contributed by atoms with Crippen LogP contribution < -0.4 is 5.73 Å². The van der Waals surface area contributed by atoms with Crippen molar-refractivity contribution in [1.29, 1.82) is 0 Å². The highest BCUT2D eigenvalue weighted by Gasteiger charge is 2.51. The van der Waals surface area contributed by atoms with Crippen molar-refractivity contribution in [3.8, 4) is 0 Å². The van der Waals surface area contributed by atoms with Crippen molar-refractivity contribution >= 4 is 17.9 Å². The second-order valence-corrected chi connectivity index (χ2v) is 18.6. The zero-order chi connectivity index (χ0) is 52.7. The molecule has 13 N–H and O–H groups in total. The number of cyclic esters (lactones) is 1. The first-order chi connectivity index (χ1) is 32.9. The van der Waals surface area contributed by atoms with Crippen LogP contribution in [0.1, 0.15) is 98.8 Å². The molecular weight excluding hydrogens is 919 g/mol. The third-order valence-electron chi connectivity index (χ3n) is 12.4. The maximum absolute atomic E-state index is 13.1. The summed E-state index contributed by atoms with van der Waals surface area (Å²) in [6.45, 7) is 7.90. The van der Waals surface area contributed by atoms with Gasteiger partial charge in [0.2, 0.25) is 0 Å². The van der Waals surface area contributed by atoms with E-state index in [0.29, 0.717) is 0 Å². The molecule has 400 valence electrons. The van der Waals surface area contributed by atoms with Gasteiger partial charge in [-0.1, -0.05) is 86.8 Å². The second-order valence-electron chi connectivity index (χ2n) is 18.6. The van der Waals surface area contributed by atoms with Gasteiger partial charge in [0, 0.05) is 38.0 Å². The molecule has 3 aliphatic rings. The van der Waals surface area contributed by atoms with Gasteiger partial charge in [-0.15, -0.1) is 0 Å². The van der Waals surface area contributed by atoms with Crippen LogP contribution in [0.15, 0.2) is 72.9 Å². The number of carboxylic acid groups (broad SMARTS) is 1. The van der Waals surface area contributed by atoms with Gasteiger partial charge in [-0.05, 0) is 52.4 Å². The molecule has 0 aromatic heterocycles. The number of hydrogen-bond acceptors (Lipinski definition) is 19. The number of hydrogen-bond donors (Lipinski definition) is 12. The van der Waals surface area contributed by atoms with Crippen LogP contribution in [0.5, 0.6) is 0 Å². The Morgan fingerprint density at radius 1 is 0.700 bits per heavy atom. The molecule has 0 amide bonds. The molecule has 0 unspecified atom stereocenters. The van der Waals surface area contributed by atoms with Crippen LogP contribution in [0.3, 0.4) is 0 Å². The first kappa shape index (κ1) is 62.4. The number of rotatable bonds is 3. The molecule has 70 heavy (non-hydrogen) atoms. The van der Waals surface area contributed by atoms with E-state index < -0.39 is 146 Å². The lowest BCUT2D eigenvalue weighted by Crippen LogP contribution is -2.61. The van der Waals surface area contributed by atoms with Crippen LogP contribution in [0, 0.1) is 17.8 Å². The van der Waals surface area contributed by atoms with Gasteiger partial charge in [0.1, 0.15) is 18.1 Å². The molecule has 3 aliphatic heterocycles. The molecule has 20 nitrogen and oxygen atoms in total. The van der Waals surface area contributed by atoms with Crippen LogP contribution in [0.4, 0.5) is 0 Å². The molecule has 0 spiro atoms. The van der Waals surface area contributed by atoms with E-state index >= 15 is 0 Å². The van der Waals surface area contributed by atoms with Crippen molar-refractivity contribution in [3.05, 3.63) is 72.9 Å². The molecule has 0 radical (unpaired) electrons. The summed E-state index contributed by atoms with van der Waals surface area (Å²) in [5.74, 6) is -6.76. The molecule has 3 heterocycles. The molecule has 0 aromatic carbocycles. The maximum Gasteiger partial charge on any atom is 0.313 e. The number of aliphatic hydroxyl groups is 10. The standard InChI is InChI=1S/C48H77NO17.C2H4O2/c1-28-18-16-14-12-10-8-6-7-9-11-13-15-17-19-35(65-47-45(59)42(49)44(58)31(4)64-47)25-39-41(46(60)62-5)38(55)27-48(61,66-39)26-37(54)36(53)21-20-32(50)22-33(51)23-34(52)24-40(56)63-30(3)29(2)43(28)57;1-2(3)4/h6-7,9,11-19,28-39,41-45,47,50-55,57-59,61H,8,10,20-27,49H2,1-5H3;1H3,(H,3,4)/b7-6+,11-9+,14-12+,15-13+,18-16+,19-17+;/t28-,29-,30-,31+,32+,33+,34+,35-,36+,37+,38-,39-,41+,42-,43+,44+,45-,47-,48+;/m0./s1. The largest absolute Gasteiger partial charge is 0.481 e. The lowest BCUT2D eigenvalue weighted by molar-refractivity contribution is -0.310. The van der Waals surface area contributed by atoms with Crippen molar-refractivity contribution in [1.82, 2.24) is 0 Å². The van der Waals surface area contributed by atoms with E-state index in [4.69, 9.17) is 39.3 Å². The average Bonchev–Trinajstić information content (AvgIpc) is 3.27. The normalized spacial score (nSPS) is 42.5. The number of allylic oxidation sites excluding steroid dienone is 10. The topological polar surface area (TPSA) is 346 Å². The zero-order valence-electron chi connectivity index (χ0n) is 41.2. The Balaban J connectivity index is 0.00000403. The highest BCUT2D eigenvalue weighted by molar-refractivity contribution is 5.74. The number of aliphatic carboxylic acids is 1. The monoisotopic (exact) mass is 1000 g/mol. The van der Waals surface area contributed by atoms with E-state index in [1.54, 1.807) is 51.2 Å². The summed E-state index contributed by atoms with van der Waals surface area (Å²) in [6, 6.07) is -1.13. The van der Waals surface area contributed by atoms with E-state index in [-0.39, 0.29) is 38.0 Å². The predicted molar refractivity (Wildman–Crippen MR) is 255 cm³/mol. The summed E-state index contributed by atoms with van der Waals surface area (Å²) >= 11 is 0. The van der Waals surface area contributed by atoms with Crippen LogP contribution in [-0.2, 0) is 38.1 Å². The molecule has 2 bridgehead atoms. The quantitative estimate of drug-likeness (QED) is 0.176. The van der Waals surface area contributed by atoms with E-state index in [1.807, 2.05) is 49.5 Å². The fraction of sp³-hybridized carbons (Fsp3) is 0.700. The highest BCUT2D eigenvalue weighted by Crippen LogP contribution is 2.38. The van der Waals surface area contributed by atoms with Gasteiger partial charge < -0.3 is 85.6 Å². The Hall–Kier alpha value is -3.71. The number of aliphatic hydroxyl groups excluding tert-OH is 9. The van der Waals surface area contributed by atoms with Crippen LogP contribution in [-0.4, -0.2) is 179 Å². The Labute approximate surface area is 411 Å². The number of nitrogens with two attached hydrogens (primary N) is 1. The Kier molecular flexibility index (Phi) is 28.2. The van der Waals surface area contributed by atoms with Crippen LogP contribution in [0.2, 0.25) is 0 Å². The maximum atomic E-state index is 13.1. The summed E-state index contributed by atoms with van der Waals surface area (Å²) in [5, 5.41) is 116. The number of carboxylic acids is 1. The zero-order valence-corrected chi connectivity index (χ0v) is 41.2. The molecule has 0 saturated carbocycles. The molecule has 0 aliphatic carbocycles. The van der Waals surface area contributed by atoms with Crippen molar-refractivity contribution in [2.45, 2.75) is 196 Å². The van der Waals surface area contributed by atoms with Gasteiger partial charge in [-0.3, -0.25) is 14.4 Å². The van der Waals surface area contributed by atoms with Crippen molar-refractivity contribution in [3.63, 3.8) is 0 Å². The molecule has 3 rings (SSSR count). The van der Waals surface area contributed by atoms with Crippen molar-refractivity contribution in [2.24, 2.45) is 23.5 Å². The minimum absolute atomic E-state index is 0.120. The fourth-order valence-electron chi connectivity index (χ4n) is 8.23. The predicted octanol–water partition coefficient (Wildman–Crippen LogP) is 1.12. The van der Waals surface area contributed by atoms with Crippen molar-refractivity contribution in [2.75, 3.05) is 7.11 Å². The summed E-state index contributed by atoms with van der Waals surface area (Å²) in [5.41, 5.74) is 6.06. The smallest absolute Gasteiger partial charge is 0.313 e. The Morgan fingerprint density at radius 3 is 1.89 bits per heavy atom. The number of carbonyl (C=O) groups excluding carboxylic acids is 2. The number of methoxy groups -OCH3 is 1. The lowest BCUT2D eigenvalue weighted by atomic mass is 9.82. The van der Waals surface area contributed by atoms with Gasteiger partial charge in [0.05, 0.1) is 86.7 Å². The number of fused-ring (bicyclic) bond motifs is 2. The molecule has 19 atom stereocenters. The lowest BCUT2D eigenvalue weighted by Gasteiger charge is -2.45. The summed E-state index contributed by atoms with van der Waals surface area (Å²) < 4.78 is 28.4. The first-order valence-corrected chi connectivity index (χ1v) is 24.0. The van der Waals surface area contributed by atoms with Gasteiger partial charge in [-0.25, -0.2) is 0 Å². The number of esters is 2. The van der Waals surface area contributed by atoms with E-state index in [9.17, 15) is 60.7 Å². The SMILES string of the molecule is CC(=O)O.COC(=O)[C@H]1[C@@H]2C[C@@H](O[C@@H]3O[C@H](C)[C@@H](O)[C@H](N)[C@@H]3O)/C=C/C=C/C=C/C=C/CC/C=C/C=C/[C@H](C)[C@@H](O)[C@@H](C)[C@H](C)OC(=O)C[C@H](O)C[C@H](O)C[C@H](O)CC[C@@H](O)[C@H](O)C[C@](O)(C[C@@H]1O)O2. The fourth-order valence-corrected chi connectivity index (χ4v) is 8.23.